The molecule has 17 heteroatoms. The number of rotatable bonds is 2. The molecule has 5 rings (SSSR count). The van der Waals surface area contributed by atoms with Crippen LogP contribution >= 0.6 is 0 Å². The fourth-order valence-corrected chi connectivity index (χ4v) is 5.24. The van der Waals surface area contributed by atoms with Crippen LogP contribution in [0, 0.1) is 0 Å². The third-order valence-electron chi connectivity index (χ3n) is 6.85. The van der Waals surface area contributed by atoms with E-state index in [4.69, 9.17) is 0 Å². The summed E-state index contributed by atoms with van der Waals surface area (Å²) in [4.78, 5) is 0. The fourth-order valence-electron chi connectivity index (χ4n) is 5.24. The molecule has 0 unspecified atom stereocenters. The topological polar surface area (TPSA) is 25.8 Å². The maximum absolute atomic E-state index is 14.5. The van der Waals surface area contributed by atoms with Crippen LogP contribution in [0.1, 0.15) is 27.8 Å². The predicted octanol–water partition coefficient (Wildman–Crippen LogP) is 11.2. The lowest BCUT2D eigenvalue weighted by Gasteiger charge is -2.30. The van der Waals surface area contributed by atoms with Crippen molar-refractivity contribution in [2.24, 2.45) is 0 Å². The Balaban J connectivity index is 2.17. The first kappa shape index (κ1) is 32.8. The molecule has 1 heterocycles. The van der Waals surface area contributed by atoms with E-state index >= 15 is 0 Å². The maximum Gasteiger partial charge on any atom is 0.417 e. The zero-order valence-electron chi connectivity index (χ0n) is 21.9. The van der Waals surface area contributed by atoms with Crippen molar-refractivity contribution < 1.29 is 65.9 Å². The molecule has 0 amide bonds. The van der Waals surface area contributed by atoms with Gasteiger partial charge in [-0.25, -0.2) is 0 Å². The van der Waals surface area contributed by atoms with Crippen molar-refractivity contribution in [3.8, 4) is 22.5 Å². The Hall–Kier alpha value is -4.57. The van der Waals surface area contributed by atoms with Gasteiger partial charge >= 0.3 is 30.9 Å². The van der Waals surface area contributed by atoms with Gasteiger partial charge in [0.1, 0.15) is 11.4 Å². The number of fused-ring (bicyclic) bond motifs is 2. The molecular formula is C29H11F15N2. The van der Waals surface area contributed by atoms with E-state index in [-0.39, 0.29) is 27.4 Å². The molecule has 0 aliphatic carbocycles. The number of alkyl halides is 15. The minimum Gasteiger partial charge on any atom is -0.166 e. The summed E-state index contributed by atoms with van der Waals surface area (Å²) in [6.07, 6.45) is -34.3. The van der Waals surface area contributed by atoms with Gasteiger partial charge in [0, 0.05) is 21.9 Å². The minimum atomic E-state index is -7.00. The monoisotopic (exact) mass is 672 g/mol. The molecule has 0 N–H and O–H groups in total. The summed E-state index contributed by atoms with van der Waals surface area (Å²) >= 11 is 0. The Labute approximate surface area is 246 Å². The lowest BCUT2D eigenvalue weighted by Crippen LogP contribution is -2.32. The molecule has 0 radical (unpaired) electrons. The number of hydrogen-bond donors (Lipinski definition) is 0. The first-order chi connectivity index (χ1) is 21.0. The quantitative estimate of drug-likeness (QED) is 0.138. The van der Waals surface area contributed by atoms with Gasteiger partial charge in [0.15, 0.2) is 0 Å². The van der Waals surface area contributed by atoms with E-state index in [0.29, 0.717) is 0 Å². The summed E-state index contributed by atoms with van der Waals surface area (Å²) in [5.74, 6) is 0. The van der Waals surface area contributed by atoms with Crippen LogP contribution in [-0.4, -0.2) is 10.2 Å². The van der Waals surface area contributed by atoms with E-state index in [1.54, 1.807) is 0 Å². The van der Waals surface area contributed by atoms with Crippen LogP contribution in [0.25, 0.3) is 44.1 Å². The Morgan fingerprint density at radius 3 is 1.09 bits per heavy atom. The number of aromatic nitrogens is 2. The number of benzene rings is 4. The van der Waals surface area contributed by atoms with Gasteiger partial charge in [0.05, 0.1) is 27.8 Å². The molecule has 5 aromatic rings. The average Bonchev–Trinajstić information content (AvgIpc) is 2.92. The summed E-state index contributed by atoms with van der Waals surface area (Å²) in [5.41, 5.74) is -24.4. The molecule has 4 aromatic carbocycles. The zero-order valence-corrected chi connectivity index (χ0v) is 21.9. The second-order valence-electron chi connectivity index (χ2n) is 9.75. The molecule has 1 aromatic heterocycles. The summed E-state index contributed by atoms with van der Waals surface area (Å²) < 4.78 is 214. The van der Waals surface area contributed by atoms with E-state index in [9.17, 15) is 65.9 Å². The van der Waals surface area contributed by atoms with Gasteiger partial charge in [-0.2, -0.15) is 65.9 Å². The van der Waals surface area contributed by atoms with E-state index in [1.165, 1.54) is 54.6 Å². The second kappa shape index (κ2) is 10.5. The van der Waals surface area contributed by atoms with Crippen molar-refractivity contribution in [1.29, 1.82) is 0 Å². The van der Waals surface area contributed by atoms with Gasteiger partial charge in [-0.05, 0) is 22.9 Å². The molecule has 242 valence electrons. The smallest absolute Gasteiger partial charge is 0.166 e. The number of halogens is 15. The molecule has 0 fully saturated rings. The molecular weight excluding hydrogens is 661 g/mol. The third-order valence-corrected chi connectivity index (χ3v) is 6.85. The van der Waals surface area contributed by atoms with E-state index in [1.807, 2.05) is 0 Å². The van der Waals surface area contributed by atoms with Crippen LogP contribution < -0.4 is 0 Å². The highest BCUT2D eigenvalue weighted by molar-refractivity contribution is 6.09. The number of hydrogen-bond acceptors (Lipinski definition) is 2. The van der Waals surface area contributed by atoms with Crippen molar-refractivity contribution in [1.82, 2.24) is 10.2 Å². The van der Waals surface area contributed by atoms with E-state index < -0.39 is 75.3 Å². The van der Waals surface area contributed by atoms with Gasteiger partial charge in [-0.3, -0.25) is 0 Å². The molecule has 0 saturated heterocycles. The van der Waals surface area contributed by atoms with Gasteiger partial charge in [-0.1, -0.05) is 54.6 Å². The van der Waals surface area contributed by atoms with E-state index in [2.05, 4.69) is 10.2 Å². The highest BCUT2D eigenvalue weighted by Gasteiger charge is 2.60. The van der Waals surface area contributed by atoms with Crippen LogP contribution in [0.3, 0.4) is 0 Å². The zero-order chi connectivity index (χ0) is 34.2. The molecule has 0 aliphatic heterocycles. The SMILES string of the molecule is FC(F)(F)c1c(-c2nnc(-c3ccccc3)c3cc4ccccc4cc23)c(C(F)(F)F)c(C(F)(F)F)c(C(F)(F)F)c1C(F)(F)F. The summed E-state index contributed by atoms with van der Waals surface area (Å²) in [5, 5.41) is 5.93. The Bertz CT molecular complexity index is 1910. The molecule has 2 nitrogen and oxygen atoms in total. The molecule has 0 aliphatic rings. The van der Waals surface area contributed by atoms with Crippen molar-refractivity contribution in [3.05, 3.63) is 94.5 Å². The van der Waals surface area contributed by atoms with Crippen LogP contribution in [0.2, 0.25) is 0 Å². The van der Waals surface area contributed by atoms with Crippen LogP contribution in [-0.2, 0) is 30.9 Å². The van der Waals surface area contributed by atoms with Gasteiger partial charge in [0.25, 0.3) is 0 Å². The molecule has 0 saturated carbocycles. The van der Waals surface area contributed by atoms with E-state index in [0.717, 1.165) is 12.1 Å². The van der Waals surface area contributed by atoms with Gasteiger partial charge in [-0.15, -0.1) is 10.2 Å². The lowest BCUT2D eigenvalue weighted by atomic mass is 9.82. The summed E-state index contributed by atoms with van der Waals surface area (Å²) in [6.45, 7) is 0. The summed E-state index contributed by atoms with van der Waals surface area (Å²) in [6, 6.07) is 14.6. The summed E-state index contributed by atoms with van der Waals surface area (Å²) in [7, 11) is 0. The predicted molar refractivity (Wildman–Crippen MR) is 133 cm³/mol. The first-order valence-corrected chi connectivity index (χ1v) is 12.4. The maximum atomic E-state index is 14.5. The Kier molecular flexibility index (Phi) is 7.48. The highest BCUT2D eigenvalue weighted by atomic mass is 19.4. The largest absolute Gasteiger partial charge is 0.417 e. The Morgan fingerprint density at radius 1 is 0.370 bits per heavy atom. The molecule has 0 atom stereocenters. The van der Waals surface area contributed by atoms with Crippen LogP contribution in [0.5, 0.6) is 0 Å². The van der Waals surface area contributed by atoms with Crippen LogP contribution in [0.4, 0.5) is 65.9 Å². The van der Waals surface area contributed by atoms with Crippen molar-refractivity contribution in [2.75, 3.05) is 0 Å². The average molecular weight is 672 g/mol. The fraction of sp³-hybridized carbons (Fsp3) is 0.172. The van der Waals surface area contributed by atoms with Gasteiger partial charge in [0.2, 0.25) is 0 Å². The molecule has 0 bridgehead atoms. The van der Waals surface area contributed by atoms with Crippen molar-refractivity contribution in [2.45, 2.75) is 30.9 Å². The third kappa shape index (κ3) is 5.66. The first-order valence-electron chi connectivity index (χ1n) is 12.4. The lowest BCUT2D eigenvalue weighted by molar-refractivity contribution is -0.188. The minimum absolute atomic E-state index is 0.0318. The highest BCUT2D eigenvalue weighted by Crippen LogP contribution is 2.59. The van der Waals surface area contributed by atoms with Crippen molar-refractivity contribution in [3.63, 3.8) is 0 Å². The Morgan fingerprint density at radius 2 is 0.696 bits per heavy atom. The van der Waals surface area contributed by atoms with Crippen LogP contribution in [0.15, 0.2) is 66.7 Å². The molecule has 46 heavy (non-hydrogen) atoms. The molecule has 0 spiro atoms. The second-order valence-corrected chi connectivity index (χ2v) is 9.75. The standard InChI is InChI=1S/C29H11F15N2/c30-25(31,32)18-17(19(26(33,34)35)21(28(39,40)41)22(29(42,43)44)20(18)27(36,37)38)24-16-11-14-9-5-4-8-13(14)10-15(16)23(45-46-24)12-6-2-1-3-7-12/h1-11H. The normalized spacial score (nSPS) is 13.5. The van der Waals surface area contributed by atoms with Crippen molar-refractivity contribution >= 4 is 21.5 Å². The van der Waals surface area contributed by atoms with Gasteiger partial charge < -0.3 is 0 Å². The number of nitrogens with zero attached hydrogens (tertiary/aromatic N) is 2.